The molecule has 0 aromatic heterocycles. The molecule has 6 nitrogen and oxygen atoms in total. The van der Waals surface area contributed by atoms with Crippen molar-refractivity contribution in [2.24, 2.45) is 0 Å². The Balaban J connectivity index is 1.75. The lowest BCUT2D eigenvalue weighted by Crippen LogP contribution is -3.16. The SMILES string of the molecule is CN(C)C(=O)CNC(=O)C[NH+]1CCN(c2ccccc2Cl)CC1. The maximum atomic E-state index is 11.9. The van der Waals surface area contributed by atoms with Crippen LogP contribution in [0.4, 0.5) is 5.69 Å². The first-order valence-corrected chi connectivity index (χ1v) is 8.15. The van der Waals surface area contributed by atoms with Gasteiger partial charge in [-0.3, -0.25) is 9.59 Å². The Hall–Kier alpha value is -1.79. The van der Waals surface area contributed by atoms with Gasteiger partial charge in [-0.2, -0.15) is 0 Å². The largest absolute Gasteiger partial charge is 0.359 e. The van der Waals surface area contributed by atoms with E-state index in [-0.39, 0.29) is 18.4 Å². The zero-order valence-corrected chi connectivity index (χ0v) is 14.4. The highest BCUT2D eigenvalue weighted by atomic mass is 35.5. The van der Waals surface area contributed by atoms with Crippen molar-refractivity contribution in [3.8, 4) is 0 Å². The number of nitrogens with zero attached hydrogens (tertiary/aromatic N) is 2. The van der Waals surface area contributed by atoms with Crippen LogP contribution in [0.2, 0.25) is 5.02 Å². The summed E-state index contributed by atoms with van der Waals surface area (Å²) in [6, 6.07) is 7.82. The van der Waals surface area contributed by atoms with Crippen molar-refractivity contribution in [2.75, 3.05) is 58.3 Å². The maximum Gasteiger partial charge on any atom is 0.275 e. The molecule has 0 aliphatic carbocycles. The number of para-hydroxylation sites is 1. The second kappa shape index (κ2) is 8.17. The van der Waals surface area contributed by atoms with Gasteiger partial charge in [-0.05, 0) is 12.1 Å². The van der Waals surface area contributed by atoms with Crippen molar-refractivity contribution in [1.82, 2.24) is 10.2 Å². The predicted octanol–water partition coefficient (Wildman–Crippen LogP) is -0.751. The fourth-order valence-corrected chi connectivity index (χ4v) is 2.83. The first-order valence-electron chi connectivity index (χ1n) is 7.77. The second-order valence-corrected chi connectivity index (χ2v) is 6.34. The molecule has 0 saturated carbocycles. The van der Waals surface area contributed by atoms with Crippen LogP contribution in [0.3, 0.4) is 0 Å². The van der Waals surface area contributed by atoms with Crippen LogP contribution in [0.5, 0.6) is 0 Å². The summed E-state index contributed by atoms with van der Waals surface area (Å²) < 4.78 is 0. The number of benzene rings is 1. The van der Waals surface area contributed by atoms with E-state index in [0.717, 1.165) is 36.9 Å². The number of piperazine rings is 1. The van der Waals surface area contributed by atoms with Crippen molar-refractivity contribution < 1.29 is 14.5 Å². The highest BCUT2D eigenvalue weighted by molar-refractivity contribution is 6.33. The molecule has 1 heterocycles. The Morgan fingerprint density at radius 2 is 1.91 bits per heavy atom. The van der Waals surface area contributed by atoms with Gasteiger partial charge in [0.2, 0.25) is 5.91 Å². The molecule has 2 amide bonds. The molecule has 1 saturated heterocycles. The molecule has 2 rings (SSSR count). The Bertz CT molecular complexity index is 557. The first kappa shape index (κ1) is 17.6. The molecule has 2 N–H and O–H groups in total. The molecule has 1 aromatic rings. The van der Waals surface area contributed by atoms with Gasteiger partial charge in [-0.15, -0.1) is 0 Å². The fourth-order valence-electron chi connectivity index (χ4n) is 2.57. The molecule has 1 aromatic carbocycles. The van der Waals surface area contributed by atoms with E-state index in [1.165, 1.54) is 9.80 Å². The Morgan fingerprint density at radius 3 is 2.52 bits per heavy atom. The number of hydrogen-bond acceptors (Lipinski definition) is 3. The van der Waals surface area contributed by atoms with Crippen LogP contribution < -0.4 is 15.1 Å². The van der Waals surface area contributed by atoms with Crippen LogP contribution in [-0.2, 0) is 9.59 Å². The van der Waals surface area contributed by atoms with E-state index in [1.807, 2.05) is 24.3 Å². The molecule has 1 aliphatic heterocycles. The van der Waals surface area contributed by atoms with Crippen LogP contribution >= 0.6 is 11.6 Å². The predicted molar refractivity (Wildman–Crippen MR) is 90.9 cm³/mol. The molecule has 0 bridgehead atoms. The molecular formula is C16H24ClN4O2+. The number of amides is 2. The average Bonchev–Trinajstić information content (AvgIpc) is 2.54. The van der Waals surface area contributed by atoms with Crippen LogP contribution in [0.15, 0.2) is 24.3 Å². The number of halogens is 1. The van der Waals surface area contributed by atoms with Crippen LogP contribution in [0, 0.1) is 0 Å². The lowest BCUT2D eigenvalue weighted by molar-refractivity contribution is -0.892. The number of hydrogen-bond donors (Lipinski definition) is 2. The summed E-state index contributed by atoms with van der Waals surface area (Å²) in [7, 11) is 3.35. The van der Waals surface area contributed by atoms with Gasteiger partial charge in [0.1, 0.15) is 0 Å². The van der Waals surface area contributed by atoms with Gasteiger partial charge < -0.3 is 20.0 Å². The smallest absolute Gasteiger partial charge is 0.275 e. The molecule has 0 radical (unpaired) electrons. The zero-order chi connectivity index (χ0) is 16.8. The molecule has 0 spiro atoms. The Morgan fingerprint density at radius 1 is 1.26 bits per heavy atom. The maximum absolute atomic E-state index is 11.9. The van der Waals surface area contributed by atoms with Crippen LogP contribution in [0.1, 0.15) is 0 Å². The lowest BCUT2D eigenvalue weighted by Gasteiger charge is -2.33. The van der Waals surface area contributed by atoms with E-state index in [1.54, 1.807) is 14.1 Å². The monoisotopic (exact) mass is 339 g/mol. The van der Waals surface area contributed by atoms with Crippen molar-refractivity contribution in [3.63, 3.8) is 0 Å². The minimum atomic E-state index is -0.100. The molecule has 23 heavy (non-hydrogen) atoms. The molecule has 7 heteroatoms. The number of likely N-dealkylation sites (N-methyl/N-ethyl adjacent to an activating group) is 1. The van der Waals surface area contributed by atoms with E-state index in [4.69, 9.17) is 11.6 Å². The number of carbonyl (C=O) groups excluding carboxylic acids is 2. The van der Waals surface area contributed by atoms with Gasteiger partial charge in [0.05, 0.1) is 43.4 Å². The summed E-state index contributed by atoms with van der Waals surface area (Å²) in [4.78, 5) is 28.3. The third kappa shape index (κ3) is 5.11. The van der Waals surface area contributed by atoms with Gasteiger partial charge in [0.25, 0.3) is 5.91 Å². The number of carbonyl (C=O) groups is 2. The molecule has 126 valence electrons. The van der Waals surface area contributed by atoms with Gasteiger partial charge >= 0.3 is 0 Å². The van der Waals surface area contributed by atoms with Gasteiger partial charge in [0.15, 0.2) is 6.54 Å². The number of quaternary nitrogens is 1. The normalized spacial score (nSPS) is 15.3. The van der Waals surface area contributed by atoms with Crippen LogP contribution in [-0.4, -0.2) is 70.1 Å². The summed E-state index contributed by atoms with van der Waals surface area (Å²) in [5, 5.41) is 3.44. The second-order valence-electron chi connectivity index (χ2n) is 5.93. The summed E-state index contributed by atoms with van der Waals surface area (Å²) in [5.41, 5.74) is 1.05. The lowest BCUT2D eigenvalue weighted by atomic mass is 10.2. The molecule has 0 unspecified atom stereocenters. The first-order chi connectivity index (χ1) is 11.0. The number of rotatable bonds is 5. The molecular weight excluding hydrogens is 316 g/mol. The highest BCUT2D eigenvalue weighted by Crippen LogP contribution is 2.24. The third-order valence-electron chi connectivity index (χ3n) is 4.01. The number of anilines is 1. The quantitative estimate of drug-likeness (QED) is 0.742. The summed E-state index contributed by atoms with van der Waals surface area (Å²) in [6.45, 7) is 3.94. The third-order valence-corrected chi connectivity index (χ3v) is 4.33. The van der Waals surface area contributed by atoms with Crippen molar-refractivity contribution in [2.45, 2.75) is 0 Å². The molecule has 1 fully saturated rings. The van der Waals surface area contributed by atoms with Crippen LogP contribution in [0.25, 0.3) is 0 Å². The van der Waals surface area contributed by atoms with Crippen molar-refractivity contribution >= 4 is 29.1 Å². The summed E-state index contributed by atoms with van der Waals surface area (Å²) in [5.74, 6) is -0.182. The summed E-state index contributed by atoms with van der Waals surface area (Å²) >= 11 is 6.23. The Kier molecular flexibility index (Phi) is 6.24. The highest BCUT2D eigenvalue weighted by Gasteiger charge is 2.23. The molecule has 0 atom stereocenters. The molecule has 1 aliphatic rings. The fraction of sp³-hybridized carbons (Fsp3) is 0.500. The van der Waals surface area contributed by atoms with Gasteiger partial charge in [0, 0.05) is 14.1 Å². The topological polar surface area (TPSA) is 57.1 Å². The minimum Gasteiger partial charge on any atom is -0.359 e. The average molecular weight is 340 g/mol. The van der Waals surface area contributed by atoms with E-state index in [0.29, 0.717) is 6.54 Å². The van der Waals surface area contributed by atoms with Crippen molar-refractivity contribution in [1.29, 1.82) is 0 Å². The van der Waals surface area contributed by atoms with E-state index < -0.39 is 0 Å². The van der Waals surface area contributed by atoms with Gasteiger partial charge in [-0.1, -0.05) is 23.7 Å². The number of nitrogens with one attached hydrogen (secondary N) is 2. The van der Waals surface area contributed by atoms with Crippen molar-refractivity contribution in [3.05, 3.63) is 29.3 Å². The summed E-state index contributed by atoms with van der Waals surface area (Å²) in [6.07, 6.45) is 0. The van der Waals surface area contributed by atoms with E-state index in [2.05, 4.69) is 10.2 Å². The standard InChI is InChI=1S/C16H23ClN4O2/c1-19(2)16(23)11-18-15(22)12-20-7-9-21(10-8-20)14-6-4-3-5-13(14)17/h3-6H,7-12H2,1-2H3,(H,18,22)/p+1. The van der Waals surface area contributed by atoms with E-state index in [9.17, 15) is 9.59 Å². The zero-order valence-electron chi connectivity index (χ0n) is 13.6. The van der Waals surface area contributed by atoms with E-state index >= 15 is 0 Å². The minimum absolute atomic E-state index is 0.0604. The Labute approximate surface area is 142 Å². The van der Waals surface area contributed by atoms with Gasteiger partial charge in [-0.25, -0.2) is 0 Å².